The first-order chi connectivity index (χ1) is 7.47. The number of phosphoric acid groups is 2. The number of rotatable bonds is 8. The molecule has 11 heteroatoms. The predicted molar refractivity (Wildman–Crippen MR) is 55.9 cm³/mol. The third-order valence-electron chi connectivity index (χ3n) is 1.76. The zero-order valence-corrected chi connectivity index (χ0v) is 10.9. The number of hydrogen-bond donors (Lipinski definition) is 5. The van der Waals surface area contributed by atoms with E-state index in [1.807, 2.05) is 0 Å². The predicted octanol–water partition coefficient (Wildman–Crippen LogP) is -0.264. The molecule has 0 amide bonds. The monoisotopic (exact) mass is 294 g/mol. The maximum absolute atomic E-state index is 11.0. The van der Waals surface area contributed by atoms with Gasteiger partial charge >= 0.3 is 15.6 Å². The summed E-state index contributed by atoms with van der Waals surface area (Å²) in [5.41, 5.74) is -1.31. The van der Waals surface area contributed by atoms with E-state index in [9.17, 15) is 14.2 Å². The van der Waals surface area contributed by atoms with Gasteiger partial charge in [0.1, 0.15) is 0 Å². The largest absolute Gasteiger partial charge is 0.481 e. The fourth-order valence-electron chi connectivity index (χ4n) is 0.905. The van der Waals surface area contributed by atoms with Crippen molar-refractivity contribution >= 4 is 15.6 Å². The SMILES string of the molecule is CC(O)(CCO)CCOP(=O)(O)OP(=O)(O)O. The minimum atomic E-state index is -5.12. The average Bonchev–Trinajstić information content (AvgIpc) is 1.96. The molecular formula is C6H16O9P2. The molecule has 0 rings (SSSR count). The fourth-order valence-corrected chi connectivity index (χ4v) is 2.49. The Morgan fingerprint density at radius 2 is 1.71 bits per heavy atom. The lowest BCUT2D eigenvalue weighted by atomic mass is 10.00. The topological polar surface area (TPSA) is 154 Å². The molecule has 0 aromatic heterocycles. The van der Waals surface area contributed by atoms with Gasteiger partial charge in [-0.2, -0.15) is 4.31 Å². The Bertz CT molecular complexity index is 321. The van der Waals surface area contributed by atoms with Crippen LogP contribution in [0.5, 0.6) is 0 Å². The summed E-state index contributed by atoms with van der Waals surface area (Å²) in [4.78, 5) is 25.4. The van der Waals surface area contributed by atoms with Crippen LogP contribution < -0.4 is 0 Å². The first-order valence-electron chi connectivity index (χ1n) is 4.55. The molecule has 2 unspecified atom stereocenters. The summed E-state index contributed by atoms with van der Waals surface area (Å²) in [5.74, 6) is 0. The van der Waals surface area contributed by atoms with Crippen LogP contribution in [0.15, 0.2) is 0 Å². The standard InChI is InChI=1S/C6H16O9P2/c1-6(8,2-4-7)3-5-14-17(12,13)15-16(9,10)11/h7-8H,2-5H2,1H3,(H,12,13)(H2,9,10,11). The first-order valence-corrected chi connectivity index (χ1v) is 7.57. The number of aliphatic hydroxyl groups is 2. The van der Waals surface area contributed by atoms with Crippen LogP contribution in [0, 0.1) is 0 Å². The van der Waals surface area contributed by atoms with Crippen LogP contribution in [0.2, 0.25) is 0 Å². The summed E-state index contributed by atoms with van der Waals surface area (Å²) in [6, 6.07) is 0. The molecule has 0 spiro atoms. The number of hydrogen-bond acceptors (Lipinski definition) is 6. The molecule has 5 N–H and O–H groups in total. The Morgan fingerprint density at radius 1 is 1.18 bits per heavy atom. The van der Waals surface area contributed by atoms with Crippen LogP contribution in [0.4, 0.5) is 0 Å². The van der Waals surface area contributed by atoms with Gasteiger partial charge in [-0.25, -0.2) is 9.13 Å². The van der Waals surface area contributed by atoms with Crippen LogP contribution >= 0.6 is 15.6 Å². The van der Waals surface area contributed by atoms with Crippen molar-refractivity contribution in [2.45, 2.75) is 25.4 Å². The summed E-state index contributed by atoms with van der Waals surface area (Å²) < 4.78 is 29.0. The highest BCUT2D eigenvalue weighted by Gasteiger charge is 2.33. The van der Waals surface area contributed by atoms with Crippen molar-refractivity contribution in [3.05, 3.63) is 0 Å². The quantitative estimate of drug-likeness (QED) is 0.381. The zero-order chi connectivity index (χ0) is 13.7. The van der Waals surface area contributed by atoms with Crippen molar-refractivity contribution in [3.63, 3.8) is 0 Å². The van der Waals surface area contributed by atoms with Gasteiger partial charge in [0.05, 0.1) is 12.2 Å². The van der Waals surface area contributed by atoms with Gasteiger partial charge in [0, 0.05) is 6.61 Å². The summed E-state index contributed by atoms with van der Waals surface area (Å²) >= 11 is 0. The molecule has 0 heterocycles. The van der Waals surface area contributed by atoms with Crippen LogP contribution in [-0.2, 0) is 18.0 Å². The van der Waals surface area contributed by atoms with E-state index in [1.165, 1.54) is 6.92 Å². The van der Waals surface area contributed by atoms with E-state index >= 15 is 0 Å². The lowest BCUT2D eigenvalue weighted by molar-refractivity contribution is 0.0116. The Hall–Kier alpha value is 0.180. The highest BCUT2D eigenvalue weighted by Crippen LogP contribution is 2.57. The summed E-state index contributed by atoms with van der Waals surface area (Å²) in [6.07, 6.45) is -0.0753. The fraction of sp³-hybridized carbons (Fsp3) is 1.00. The third kappa shape index (κ3) is 9.84. The molecule has 0 fully saturated rings. The molecule has 9 nitrogen and oxygen atoms in total. The molecule has 0 saturated heterocycles. The molecule has 0 aliphatic rings. The lowest BCUT2D eigenvalue weighted by Crippen LogP contribution is -2.27. The van der Waals surface area contributed by atoms with Gasteiger partial charge in [0.15, 0.2) is 0 Å². The summed E-state index contributed by atoms with van der Waals surface area (Å²) in [7, 11) is -9.98. The minimum absolute atomic E-state index is 0.0332. The summed E-state index contributed by atoms with van der Waals surface area (Å²) in [6.45, 7) is 0.641. The maximum atomic E-state index is 11.0. The number of aliphatic hydroxyl groups excluding tert-OH is 1. The second kappa shape index (κ2) is 6.38. The Kier molecular flexibility index (Phi) is 6.44. The van der Waals surface area contributed by atoms with E-state index in [0.29, 0.717) is 0 Å². The molecule has 0 radical (unpaired) electrons. The molecule has 2 atom stereocenters. The maximum Gasteiger partial charge on any atom is 0.481 e. The van der Waals surface area contributed by atoms with Crippen molar-refractivity contribution < 1.29 is 42.9 Å². The van der Waals surface area contributed by atoms with Crippen molar-refractivity contribution in [2.75, 3.05) is 13.2 Å². The molecule has 0 bridgehead atoms. The van der Waals surface area contributed by atoms with Crippen LogP contribution in [-0.4, -0.2) is 43.7 Å². The third-order valence-corrected chi connectivity index (χ3v) is 3.94. The highest BCUT2D eigenvalue weighted by molar-refractivity contribution is 7.60. The van der Waals surface area contributed by atoms with E-state index < -0.39 is 27.9 Å². The van der Waals surface area contributed by atoms with E-state index in [-0.39, 0.29) is 19.4 Å². The second-order valence-corrected chi connectivity index (χ2v) is 6.42. The van der Waals surface area contributed by atoms with E-state index in [0.717, 1.165) is 0 Å². The molecule has 0 aromatic rings. The van der Waals surface area contributed by atoms with Crippen molar-refractivity contribution in [1.29, 1.82) is 0 Å². The van der Waals surface area contributed by atoms with Crippen LogP contribution in [0.25, 0.3) is 0 Å². The highest BCUT2D eigenvalue weighted by atomic mass is 31.3. The normalized spacial score (nSPS) is 19.6. The number of phosphoric ester groups is 1. The molecular weight excluding hydrogens is 278 g/mol. The van der Waals surface area contributed by atoms with Gasteiger partial charge in [-0.3, -0.25) is 4.52 Å². The van der Waals surface area contributed by atoms with E-state index in [4.69, 9.17) is 19.8 Å². The Balaban J connectivity index is 4.12. The van der Waals surface area contributed by atoms with Gasteiger partial charge < -0.3 is 24.9 Å². The van der Waals surface area contributed by atoms with Gasteiger partial charge in [-0.05, 0) is 19.8 Å². The molecule has 104 valence electrons. The van der Waals surface area contributed by atoms with Crippen molar-refractivity contribution in [1.82, 2.24) is 0 Å². The van der Waals surface area contributed by atoms with E-state index in [2.05, 4.69) is 8.83 Å². The summed E-state index contributed by atoms with van der Waals surface area (Å²) in [5, 5.41) is 18.1. The van der Waals surface area contributed by atoms with Gasteiger partial charge in [0.25, 0.3) is 0 Å². The zero-order valence-electron chi connectivity index (χ0n) is 9.09. The molecule has 0 aromatic carbocycles. The Morgan fingerprint density at radius 3 is 2.12 bits per heavy atom. The minimum Gasteiger partial charge on any atom is -0.396 e. The van der Waals surface area contributed by atoms with Gasteiger partial charge in [-0.15, -0.1) is 0 Å². The molecule has 0 saturated carbocycles. The Labute approximate surface area is 97.9 Å². The molecule has 17 heavy (non-hydrogen) atoms. The molecule has 0 aliphatic heterocycles. The van der Waals surface area contributed by atoms with Gasteiger partial charge in [0.2, 0.25) is 0 Å². The van der Waals surface area contributed by atoms with Crippen LogP contribution in [0.1, 0.15) is 19.8 Å². The second-order valence-electron chi connectivity index (χ2n) is 3.59. The smallest absolute Gasteiger partial charge is 0.396 e. The average molecular weight is 294 g/mol. The van der Waals surface area contributed by atoms with E-state index in [1.54, 1.807) is 0 Å². The van der Waals surface area contributed by atoms with Crippen LogP contribution in [0.3, 0.4) is 0 Å². The lowest BCUT2D eigenvalue weighted by Gasteiger charge is -2.22. The van der Waals surface area contributed by atoms with Gasteiger partial charge in [-0.1, -0.05) is 0 Å². The molecule has 0 aliphatic carbocycles. The van der Waals surface area contributed by atoms with Crippen molar-refractivity contribution in [3.8, 4) is 0 Å². The van der Waals surface area contributed by atoms with Crippen molar-refractivity contribution in [2.24, 2.45) is 0 Å². The first kappa shape index (κ1) is 17.2.